The second-order valence-electron chi connectivity index (χ2n) is 6.55. The molecule has 2 aromatic carbocycles. The molecule has 6 heteroatoms. The van der Waals surface area contributed by atoms with Crippen LogP contribution >= 0.6 is 11.6 Å². The van der Waals surface area contributed by atoms with Gasteiger partial charge in [-0.05, 0) is 42.3 Å². The zero-order valence-electron chi connectivity index (χ0n) is 16.2. The maximum atomic E-state index is 5.98. The second-order valence-corrected chi connectivity index (χ2v) is 6.98. The van der Waals surface area contributed by atoms with Crippen LogP contribution in [0.5, 0.6) is 17.2 Å². The molecule has 1 heterocycles. The molecule has 0 radical (unpaired) electrons. The third-order valence-electron chi connectivity index (χ3n) is 5.05. The van der Waals surface area contributed by atoms with Crippen molar-refractivity contribution in [2.45, 2.75) is 6.42 Å². The van der Waals surface area contributed by atoms with E-state index < -0.39 is 0 Å². The summed E-state index contributed by atoms with van der Waals surface area (Å²) in [5, 5.41) is 0.779. The van der Waals surface area contributed by atoms with E-state index in [2.05, 4.69) is 28.0 Å². The topological polar surface area (TPSA) is 34.2 Å². The summed E-state index contributed by atoms with van der Waals surface area (Å²) in [7, 11) is 4.95. The van der Waals surface area contributed by atoms with Gasteiger partial charge in [0.05, 0.1) is 21.3 Å². The number of hydrogen-bond donors (Lipinski definition) is 0. The summed E-state index contributed by atoms with van der Waals surface area (Å²) in [6.07, 6.45) is 0.907. The van der Waals surface area contributed by atoms with Crippen molar-refractivity contribution in [2.75, 3.05) is 59.0 Å². The van der Waals surface area contributed by atoms with E-state index in [0.717, 1.165) is 55.5 Å². The first-order valence-electron chi connectivity index (χ1n) is 9.17. The number of rotatable bonds is 7. The average Bonchev–Trinajstić information content (AvgIpc) is 2.72. The Bertz CT molecular complexity index is 744. The molecule has 0 N–H and O–H groups in total. The highest BCUT2D eigenvalue weighted by Gasteiger charge is 2.19. The van der Waals surface area contributed by atoms with Crippen molar-refractivity contribution >= 4 is 17.3 Å². The summed E-state index contributed by atoms with van der Waals surface area (Å²) < 4.78 is 16.4. The fourth-order valence-electron chi connectivity index (χ4n) is 3.52. The van der Waals surface area contributed by atoms with Crippen LogP contribution in [0.3, 0.4) is 0 Å². The number of piperazine rings is 1. The zero-order chi connectivity index (χ0) is 19.2. The van der Waals surface area contributed by atoms with Crippen LogP contribution in [0, 0.1) is 0 Å². The van der Waals surface area contributed by atoms with Gasteiger partial charge in [0.2, 0.25) is 5.75 Å². The Hall–Kier alpha value is -2.11. The molecule has 5 nitrogen and oxygen atoms in total. The molecule has 1 fully saturated rings. The fourth-order valence-corrected chi connectivity index (χ4v) is 3.65. The summed E-state index contributed by atoms with van der Waals surface area (Å²) in [5.74, 6) is 2.11. The third-order valence-corrected chi connectivity index (χ3v) is 5.30. The smallest absolute Gasteiger partial charge is 0.203 e. The normalized spacial score (nSPS) is 14.9. The lowest BCUT2D eigenvalue weighted by Gasteiger charge is -2.36. The first-order chi connectivity index (χ1) is 13.2. The van der Waals surface area contributed by atoms with E-state index >= 15 is 0 Å². The fraction of sp³-hybridized carbons (Fsp3) is 0.429. The first-order valence-corrected chi connectivity index (χ1v) is 9.54. The number of anilines is 1. The van der Waals surface area contributed by atoms with Crippen molar-refractivity contribution in [1.29, 1.82) is 0 Å². The molecule has 0 atom stereocenters. The van der Waals surface area contributed by atoms with Gasteiger partial charge < -0.3 is 19.1 Å². The van der Waals surface area contributed by atoms with E-state index in [9.17, 15) is 0 Å². The van der Waals surface area contributed by atoms with Crippen molar-refractivity contribution in [1.82, 2.24) is 4.90 Å². The number of benzene rings is 2. The number of hydrogen-bond acceptors (Lipinski definition) is 5. The van der Waals surface area contributed by atoms with Gasteiger partial charge in [0.25, 0.3) is 0 Å². The molecule has 27 heavy (non-hydrogen) atoms. The Morgan fingerprint density at radius 2 is 1.48 bits per heavy atom. The van der Waals surface area contributed by atoms with Crippen LogP contribution in [0.1, 0.15) is 5.56 Å². The van der Waals surface area contributed by atoms with Gasteiger partial charge in [-0.25, -0.2) is 0 Å². The van der Waals surface area contributed by atoms with Crippen LogP contribution in [-0.2, 0) is 6.42 Å². The quantitative estimate of drug-likeness (QED) is 0.719. The predicted molar refractivity (Wildman–Crippen MR) is 110 cm³/mol. The Morgan fingerprint density at radius 1 is 0.815 bits per heavy atom. The van der Waals surface area contributed by atoms with E-state index in [1.54, 1.807) is 21.3 Å². The van der Waals surface area contributed by atoms with E-state index in [4.69, 9.17) is 25.8 Å². The van der Waals surface area contributed by atoms with Crippen LogP contribution in [-0.4, -0.2) is 59.0 Å². The lowest BCUT2D eigenvalue weighted by atomic mass is 10.1. The Labute approximate surface area is 166 Å². The number of methoxy groups -OCH3 is 3. The molecule has 3 rings (SSSR count). The molecule has 0 saturated carbocycles. The van der Waals surface area contributed by atoms with Gasteiger partial charge in [-0.1, -0.05) is 17.7 Å². The molecule has 0 unspecified atom stereocenters. The Balaban J connectivity index is 1.58. The Morgan fingerprint density at radius 3 is 2.07 bits per heavy atom. The minimum Gasteiger partial charge on any atom is -0.493 e. The standard InChI is InChI=1S/C21H27ClN2O3/c1-25-19-9-4-16(20(26-2)21(19)27-3)10-11-23-12-14-24(15-13-23)18-7-5-17(22)6-8-18/h4-9H,10-15H2,1-3H3. The number of halogens is 1. The molecular formula is C21H27ClN2O3. The molecule has 1 aliphatic rings. The highest BCUT2D eigenvalue weighted by Crippen LogP contribution is 2.39. The van der Waals surface area contributed by atoms with Crippen molar-refractivity contribution in [3.8, 4) is 17.2 Å². The summed E-state index contributed by atoms with van der Waals surface area (Å²) in [5.41, 5.74) is 2.37. The largest absolute Gasteiger partial charge is 0.493 e. The van der Waals surface area contributed by atoms with Crippen molar-refractivity contribution < 1.29 is 14.2 Å². The number of nitrogens with zero attached hydrogens (tertiary/aromatic N) is 2. The molecule has 0 amide bonds. The molecule has 0 aliphatic carbocycles. The summed E-state index contributed by atoms with van der Waals surface area (Å²) in [6.45, 7) is 5.10. The van der Waals surface area contributed by atoms with Crippen molar-refractivity contribution in [2.24, 2.45) is 0 Å². The zero-order valence-corrected chi connectivity index (χ0v) is 17.0. The van der Waals surface area contributed by atoms with Gasteiger partial charge in [-0.2, -0.15) is 0 Å². The maximum absolute atomic E-state index is 5.98. The molecule has 2 aromatic rings. The Kier molecular flexibility index (Phi) is 6.69. The van der Waals surface area contributed by atoms with Gasteiger partial charge in [0, 0.05) is 43.4 Å². The predicted octanol–water partition coefficient (Wildman–Crippen LogP) is 3.73. The van der Waals surface area contributed by atoms with Gasteiger partial charge >= 0.3 is 0 Å². The second kappa shape index (κ2) is 9.20. The first kappa shape index (κ1) is 19.6. The average molecular weight is 391 g/mol. The van der Waals surface area contributed by atoms with Crippen LogP contribution in [0.25, 0.3) is 0 Å². The molecule has 0 aromatic heterocycles. The SMILES string of the molecule is COc1ccc(CCN2CCN(c3ccc(Cl)cc3)CC2)c(OC)c1OC. The molecule has 1 aliphatic heterocycles. The van der Waals surface area contributed by atoms with E-state index in [-0.39, 0.29) is 0 Å². The van der Waals surface area contributed by atoms with Crippen LogP contribution in [0.4, 0.5) is 5.69 Å². The minimum absolute atomic E-state index is 0.657. The highest BCUT2D eigenvalue weighted by atomic mass is 35.5. The summed E-state index contributed by atoms with van der Waals surface area (Å²) in [6, 6.07) is 12.1. The van der Waals surface area contributed by atoms with Gasteiger partial charge in [-0.3, -0.25) is 4.90 Å². The monoisotopic (exact) mass is 390 g/mol. The van der Waals surface area contributed by atoms with E-state index in [1.807, 2.05) is 18.2 Å². The molecule has 0 bridgehead atoms. The van der Waals surface area contributed by atoms with Crippen LogP contribution in [0.15, 0.2) is 36.4 Å². The summed E-state index contributed by atoms with van der Waals surface area (Å²) in [4.78, 5) is 4.90. The van der Waals surface area contributed by atoms with Gasteiger partial charge in [-0.15, -0.1) is 0 Å². The lowest BCUT2D eigenvalue weighted by molar-refractivity contribution is 0.259. The molecule has 146 valence electrons. The van der Waals surface area contributed by atoms with E-state index in [0.29, 0.717) is 11.5 Å². The summed E-state index contributed by atoms with van der Waals surface area (Å²) >= 11 is 5.98. The van der Waals surface area contributed by atoms with Crippen LogP contribution < -0.4 is 19.1 Å². The van der Waals surface area contributed by atoms with Crippen molar-refractivity contribution in [3.63, 3.8) is 0 Å². The van der Waals surface area contributed by atoms with Crippen molar-refractivity contribution in [3.05, 3.63) is 47.0 Å². The van der Waals surface area contributed by atoms with E-state index in [1.165, 1.54) is 5.69 Å². The molecule has 1 saturated heterocycles. The maximum Gasteiger partial charge on any atom is 0.203 e. The highest BCUT2D eigenvalue weighted by molar-refractivity contribution is 6.30. The van der Waals surface area contributed by atoms with Crippen LogP contribution in [0.2, 0.25) is 5.02 Å². The van der Waals surface area contributed by atoms with Gasteiger partial charge in [0.1, 0.15) is 0 Å². The lowest BCUT2D eigenvalue weighted by Crippen LogP contribution is -2.47. The molecular weight excluding hydrogens is 364 g/mol. The molecule has 0 spiro atoms. The minimum atomic E-state index is 0.657. The van der Waals surface area contributed by atoms with Gasteiger partial charge in [0.15, 0.2) is 11.5 Å². The third kappa shape index (κ3) is 4.60. The number of ether oxygens (including phenoxy) is 3.